The topological polar surface area (TPSA) is 57.5 Å². The number of benzene rings is 1. The Kier molecular flexibility index (Phi) is 3.33. The largest absolute Gasteiger partial charge is 0.479 e. The third-order valence-corrected chi connectivity index (χ3v) is 2.81. The van der Waals surface area contributed by atoms with E-state index in [-0.39, 0.29) is 0 Å². The van der Waals surface area contributed by atoms with E-state index in [0.717, 1.165) is 5.56 Å². The molecule has 88 valence electrons. The molecule has 1 aromatic rings. The van der Waals surface area contributed by atoms with Crippen molar-refractivity contribution >= 4 is 5.97 Å². The lowest BCUT2D eigenvalue weighted by atomic mass is 9.77. The molecule has 0 radical (unpaired) electrons. The number of aryl methyl sites for hydroxylation is 1. The van der Waals surface area contributed by atoms with Gasteiger partial charge in [0, 0.05) is 5.41 Å². The minimum atomic E-state index is -1.56. The molecule has 2 N–H and O–H groups in total. The van der Waals surface area contributed by atoms with E-state index in [2.05, 4.69) is 0 Å². The van der Waals surface area contributed by atoms with Crippen molar-refractivity contribution in [2.45, 2.75) is 32.3 Å². The van der Waals surface area contributed by atoms with E-state index in [0.29, 0.717) is 5.56 Å². The van der Waals surface area contributed by atoms with Gasteiger partial charge in [-0.2, -0.15) is 0 Å². The van der Waals surface area contributed by atoms with Crippen LogP contribution in [0.5, 0.6) is 0 Å². The molecule has 3 nitrogen and oxygen atoms in total. The van der Waals surface area contributed by atoms with Crippen molar-refractivity contribution in [3.8, 4) is 0 Å². The van der Waals surface area contributed by atoms with Crippen LogP contribution in [0.3, 0.4) is 0 Å². The zero-order chi connectivity index (χ0) is 12.5. The molecular formula is C12H15FO3. The highest BCUT2D eigenvalue weighted by molar-refractivity contribution is 5.74. The lowest BCUT2D eigenvalue weighted by Gasteiger charge is -2.29. The van der Waals surface area contributed by atoms with E-state index in [4.69, 9.17) is 5.11 Å². The summed E-state index contributed by atoms with van der Waals surface area (Å²) in [4.78, 5) is 10.8. The van der Waals surface area contributed by atoms with Crippen LogP contribution < -0.4 is 0 Å². The molecule has 4 heteroatoms. The third-order valence-electron chi connectivity index (χ3n) is 2.81. The van der Waals surface area contributed by atoms with Crippen molar-refractivity contribution in [3.63, 3.8) is 0 Å². The van der Waals surface area contributed by atoms with Gasteiger partial charge in [-0.15, -0.1) is 0 Å². The van der Waals surface area contributed by atoms with E-state index >= 15 is 0 Å². The van der Waals surface area contributed by atoms with E-state index in [1.54, 1.807) is 26.8 Å². The van der Waals surface area contributed by atoms with Gasteiger partial charge in [-0.3, -0.25) is 0 Å². The number of carbonyl (C=O) groups is 1. The molecule has 1 rings (SSSR count). The molecule has 0 fully saturated rings. The summed E-state index contributed by atoms with van der Waals surface area (Å²) in [5, 5.41) is 18.4. The Morgan fingerprint density at radius 1 is 1.44 bits per heavy atom. The van der Waals surface area contributed by atoms with Gasteiger partial charge in [-0.1, -0.05) is 19.9 Å². The highest BCUT2D eigenvalue weighted by Gasteiger charge is 2.36. The molecule has 1 atom stereocenters. The van der Waals surface area contributed by atoms with Crippen molar-refractivity contribution in [2.24, 2.45) is 0 Å². The van der Waals surface area contributed by atoms with Gasteiger partial charge in [0.25, 0.3) is 0 Å². The van der Waals surface area contributed by atoms with E-state index in [1.165, 1.54) is 12.1 Å². The predicted molar refractivity (Wildman–Crippen MR) is 57.8 cm³/mol. The second kappa shape index (κ2) is 4.22. The monoisotopic (exact) mass is 226 g/mol. The zero-order valence-corrected chi connectivity index (χ0v) is 9.49. The summed E-state index contributed by atoms with van der Waals surface area (Å²) in [7, 11) is 0. The summed E-state index contributed by atoms with van der Waals surface area (Å²) in [6.45, 7) is 4.91. The Labute approximate surface area is 93.5 Å². The molecule has 0 saturated heterocycles. The molecule has 0 aliphatic rings. The number of carboxylic acids is 1. The third kappa shape index (κ3) is 2.22. The first kappa shape index (κ1) is 12.6. The van der Waals surface area contributed by atoms with Crippen molar-refractivity contribution < 1.29 is 19.4 Å². The average molecular weight is 226 g/mol. The average Bonchev–Trinajstić information content (AvgIpc) is 2.20. The SMILES string of the molecule is Cc1ccc(F)cc1C(C)(C)C(O)C(=O)O. The van der Waals surface area contributed by atoms with Crippen molar-refractivity contribution in [1.82, 2.24) is 0 Å². The van der Waals surface area contributed by atoms with Crippen LogP contribution in [-0.2, 0) is 10.2 Å². The summed E-state index contributed by atoms with van der Waals surface area (Å²) in [6, 6.07) is 4.14. The van der Waals surface area contributed by atoms with Gasteiger partial charge in [0.2, 0.25) is 0 Å². The molecule has 1 unspecified atom stereocenters. The molecule has 0 aliphatic heterocycles. The van der Waals surface area contributed by atoms with Crippen LogP contribution in [0.15, 0.2) is 18.2 Å². The van der Waals surface area contributed by atoms with Gasteiger partial charge < -0.3 is 10.2 Å². The van der Waals surface area contributed by atoms with Crippen molar-refractivity contribution in [2.75, 3.05) is 0 Å². The minimum absolute atomic E-state index is 0.439. The summed E-state index contributed by atoms with van der Waals surface area (Å²) in [5.41, 5.74) is 0.229. The van der Waals surface area contributed by atoms with Crippen molar-refractivity contribution in [3.05, 3.63) is 35.1 Å². The summed E-state index contributed by atoms with van der Waals surface area (Å²) < 4.78 is 13.1. The molecule has 0 spiro atoms. The first-order valence-electron chi connectivity index (χ1n) is 4.94. The number of aliphatic hydroxyl groups excluding tert-OH is 1. The first-order chi connectivity index (χ1) is 7.26. The number of halogens is 1. The number of rotatable bonds is 3. The van der Waals surface area contributed by atoms with Gasteiger partial charge in [-0.05, 0) is 30.2 Å². The summed E-state index contributed by atoms with van der Waals surface area (Å²) in [6.07, 6.45) is -1.56. The van der Waals surface area contributed by atoms with Crippen LogP contribution >= 0.6 is 0 Å². The minimum Gasteiger partial charge on any atom is -0.479 e. The normalized spacial score (nSPS) is 13.6. The van der Waals surface area contributed by atoms with Gasteiger partial charge >= 0.3 is 5.97 Å². The van der Waals surface area contributed by atoms with Gasteiger partial charge in [0.05, 0.1) is 0 Å². The quantitative estimate of drug-likeness (QED) is 0.827. The second-order valence-corrected chi connectivity index (χ2v) is 4.42. The van der Waals surface area contributed by atoms with Crippen LogP contribution in [0, 0.1) is 12.7 Å². The Balaban J connectivity index is 3.25. The van der Waals surface area contributed by atoms with E-state index in [1.807, 2.05) is 0 Å². The second-order valence-electron chi connectivity index (χ2n) is 4.42. The molecule has 0 bridgehead atoms. The fraction of sp³-hybridized carbons (Fsp3) is 0.417. The Morgan fingerprint density at radius 3 is 2.50 bits per heavy atom. The molecule has 0 amide bonds. The van der Waals surface area contributed by atoms with Gasteiger partial charge in [0.15, 0.2) is 6.10 Å². The molecule has 0 aliphatic carbocycles. The Morgan fingerprint density at radius 2 is 2.00 bits per heavy atom. The maximum atomic E-state index is 13.1. The highest BCUT2D eigenvalue weighted by atomic mass is 19.1. The van der Waals surface area contributed by atoms with Crippen LogP contribution in [0.25, 0.3) is 0 Å². The molecule has 1 aromatic carbocycles. The smallest absolute Gasteiger partial charge is 0.333 e. The number of hydrogen-bond acceptors (Lipinski definition) is 2. The first-order valence-corrected chi connectivity index (χ1v) is 4.94. The number of hydrogen-bond donors (Lipinski definition) is 2. The van der Waals surface area contributed by atoms with E-state index < -0.39 is 23.3 Å². The van der Waals surface area contributed by atoms with Crippen LogP contribution in [0.1, 0.15) is 25.0 Å². The Bertz CT molecular complexity index is 413. The van der Waals surface area contributed by atoms with Crippen LogP contribution in [-0.4, -0.2) is 22.3 Å². The standard InChI is InChI=1S/C12H15FO3/c1-7-4-5-8(13)6-9(7)12(2,3)10(14)11(15)16/h4-6,10,14H,1-3H3,(H,15,16). The number of aliphatic hydroxyl groups is 1. The predicted octanol–water partition coefficient (Wildman–Crippen LogP) is 1.86. The number of aliphatic carboxylic acids is 1. The maximum Gasteiger partial charge on any atom is 0.333 e. The molecular weight excluding hydrogens is 211 g/mol. The highest BCUT2D eigenvalue weighted by Crippen LogP contribution is 2.30. The fourth-order valence-corrected chi connectivity index (χ4v) is 1.74. The molecule has 0 saturated carbocycles. The van der Waals surface area contributed by atoms with Crippen LogP contribution in [0.2, 0.25) is 0 Å². The van der Waals surface area contributed by atoms with Crippen LogP contribution in [0.4, 0.5) is 4.39 Å². The maximum absolute atomic E-state index is 13.1. The lowest BCUT2D eigenvalue weighted by molar-refractivity contribution is -0.150. The Hall–Kier alpha value is -1.42. The summed E-state index contributed by atoms with van der Waals surface area (Å²) in [5.74, 6) is -1.75. The summed E-state index contributed by atoms with van der Waals surface area (Å²) >= 11 is 0. The molecule has 0 heterocycles. The van der Waals surface area contributed by atoms with E-state index in [9.17, 15) is 14.3 Å². The van der Waals surface area contributed by atoms with Gasteiger partial charge in [-0.25, -0.2) is 9.18 Å². The zero-order valence-electron chi connectivity index (χ0n) is 9.49. The molecule has 16 heavy (non-hydrogen) atoms. The molecule has 0 aromatic heterocycles. The van der Waals surface area contributed by atoms with Gasteiger partial charge in [0.1, 0.15) is 5.82 Å². The fourth-order valence-electron chi connectivity index (χ4n) is 1.74. The lowest BCUT2D eigenvalue weighted by Crippen LogP contribution is -2.40. The van der Waals surface area contributed by atoms with Crippen molar-refractivity contribution in [1.29, 1.82) is 0 Å². The number of carboxylic acid groups (broad SMARTS) is 1.